The topological polar surface area (TPSA) is 43.8 Å². The van der Waals surface area contributed by atoms with Crippen molar-refractivity contribution in [1.29, 1.82) is 0 Å². The van der Waals surface area contributed by atoms with E-state index in [1.165, 1.54) is 11.1 Å². The monoisotopic (exact) mass is 265 g/mol. The Labute approximate surface area is 97.0 Å². The van der Waals surface area contributed by atoms with Crippen LogP contribution >= 0.6 is 15.9 Å². The van der Waals surface area contributed by atoms with Crippen LogP contribution in [0.4, 0.5) is 5.82 Å². The van der Waals surface area contributed by atoms with Crippen molar-refractivity contribution in [3.63, 3.8) is 0 Å². The summed E-state index contributed by atoms with van der Waals surface area (Å²) in [5.41, 5.74) is 8.29. The van der Waals surface area contributed by atoms with Crippen LogP contribution < -0.4 is 5.73 Å². The second kappa shape index (κ2) is 4.06. The van der Waals surface area contributed by atoms with E-state index in [2.05, 4.69) is 52.2 Å². The van der Waals surface area contributed by atoms with Gasteiger partial charge in [-0.15, -0.1) is 0 Å². The minimum Gasteiger partial charge on any atom is -0.383 e. The third-order valence-corrected chi connectivity index (χ3v) is 2.90. The zero-order valence-corrected chi connectivity index (χ0v) is 10.0. The second-order valence-electron chi connectivity index (χ2n) is 3.52. The fraction of sp³-hybridized carbons (Fsp3) is 0.182. The van der Waals surface area contributed by atoms with Crippen molar-refractivity contribution in [2.75, 3.05) is 5.73 Å². The third kappa shape index (κ3) is 2.21. The van der Waals surface area contributed by atoms with Gasteiger partial charge < -0.3 is 5.73 Å². The lowest BCUT2D eigenvalue weighted by Gasteiger charge is -2.04. The van der Waals surface area contributed by atoms with Gasteiger partial charge >= 0.3 is 0 Å². The van der Waals surface area contributed by atoms with E-state index in [0.717, 1.165) is 4.47 Å². The van der Waals surface area contributed by atoms with Gasteiger partial charge in [-0.3, -0.25) is 0 Å². The Kier molecular flexibility index (Phi) is 2.77. The lowest BCUT2D eigenvalue weighted by molar-refractivity contribution is 0.697. The van der Waals surface area contributed by atoms with Gasteiger partial charge in [0.25, 0.3) is 0 Å². The van der Waals surface area contributed by atoms with Crippen LogP contribution in [-0.2, 0) is 6.54 Å². The minimum atomic E-state index is 0.663. The zero-order valence-electron chi connectivity index (χ0n) is 8.44. The number of hydrogen-bond donors (Lipinski definition) is 1. The van der Waals surface area contributed by atoms with Crippen LogP contribution in [0.3, 0.4) is 0 Å². The molecule has 0 fully saturated rings. The van der Waals surface area contributed by atoms with Crippen LogP contribution in [0.1, 0.15) is 11.1 Å². The Bertz CT molecular complexity index is 459. The van der Waals surface area contributed by atoms with Crippen LogP contribution in [0, 0.1) is 6.92 Å². The highest BCUT2D eigenvalue weighted by molar-refractivity contribution is 9.10. The van der Waals surface area contributed by atoms with E-state index >= 15 is 0 Å². The Hall–Kier alpha value is -1.29. The molecule has 2 rings (SSSR count). The van der Waals surface area contributed by atoms with Crippen molar-refractivity contribution >= 4 is 21.7 Å². The fourth-order valence-corrected chi connectivity index (χ4v) is 1.66. The van der Waals surface area contributed by atoms with Crippen molar-refractivity contribution in [2.24, 2.45) is 0 Å². The Morgan fingerprint density at radius 3 is 2.53 bits per heavy atom. The van der Waals surface area contributed by atoms with Crippen molar-refractivity contribution < 1.29 is 0 Å². The predicted molar refractivity (Wildman–Crippen MR) is 64.6 cm³/mol. The molecule has 2 aromatic rings. The molecule has 0 amide bonds. The summed E-state index contributed by atoms with van der Waals surface area (Å²) in [4.78, 5) is 0. The molecule has 1 aromatic heterocycles. The van der Waals surface area contributed by atoms with Gasteiger partial charge in [0.2, 0.25) is 0 Å². The number of nitrogen functional groups attached to an aromatic ring is 1. The lowest BCUT2D eigenvalue weighted by atomic mass is 10.1. The summed E-state index contributed by atoms with van der Waals surface area (Å²) in [6.07, 6.45) is 1.71. The van der Waals surface area contributed by atoms with Gasteiger partial charge in [0.1, 0.15) is 5.82 Å². The molecule has 78 valence electrons. The molecule has 4 heteroatoms. The van der Waals surface area contributed by atoms with E-state index in [1.54, 1.807) is 10.9 Å². The van der Waals surface area contributed by atoms with Crippen molar-refractivity contribution in [3.8, 4) is 0 Å². The van der Waals surface area contributed by atoms with E-state index in [0.29, 0.717) is 12.4 Å². The summed E-state index contributed by atoms with van der Waals surface area (Å²) in [6, 6.07) is 8.35. The molecule has 0 spiro atoms. The molecule has 3 nitrogen and oxygen atoms in total. The van der Waals surface area contributed by atoms with Crippen LogP contribution in [0.5, 0.6) is 0 Å². The normalized spacial score (nSPS) is 10.5. The molecule has 2 N–H and O–H groups in total. The molecule has 0 radical (unpaired) electrons. The third-order valence-electron chi connectivity index (χ3n) is 2.29. The maximum absolute atomic E-state index is 5.83. The van der Waals surface area contributed by atoms with Gasteiger partial charge in [0.15, 0.2) is 0 Å². The summed E-state index contributed by atoms with van der Waals surface area (Å²) in [5.74, 6) is 0.663. The van der Waals surface area contributed by atoms with Crippen LogP contribution in [0.2, 0.25) is 0 Å². The zero-order chi connectivity index (χ0) is 10.8. The number of halogens is 1. The number of rotatable bonds is 2. The van der Waals surface area contributed by atoms with Crippen molar-refractivity contribution in [3.05, 3.63) is 46.1 Å². The molecule has 0 aliphatic rings. The summed E-state index contributed by atoms with van der Waals surface area (Å²) in [5, 5.41) is 4.18. The van der Waals surface area contributed by atoms with E-state index in [4.69, 9.17) is 5.73 Å². The van der Waals surface area contributed by atoms with Gasteiger partial charge in [-0.25, -0.2) is 4.68 Å². The molecule has 15 heavy (non-hydrogen) atoms. The van der Waals surface area contributed by atoms with Crippen LogP contribution in [0.15, 0.2) is 34.9 Å². The number of hydrogen-bond acceptors (Lipinski definition) is 2. The Balaban J connectivity index is 2.22. The second-order valence-corrected chi connectivity index (χ2v) is 4.38. The summed E-state index contributed by atoms with van der Waals surface area (Å²) < 4.78 is 2.61. The maximum Gasteiger partial charge on any atom is 0.136 e. The number of aryl methyl sites for hydroxylation is 1. The summed E-state index contributed by atoms with van der Waals surface area (Å²) in [7, 11) is 0. The van der Waals surface area contributed by atoms with E-state index in [-0.39, 0.29) is 0 Å². The SMILES string of the molecule is Cc1ccc(Cn2ncc(Br)c2N)cc1. The molecule has 0 saturated carbocycles. The predicted octanol–water partition coefficient (Wildman–Crippen LogP) is 2.58. The molecule has 0 unspecified atom stereocenters. The molecule has 0 bridgehead atoms. The number of benzene rings is 1. The fourth-order valence-electron chi connectivity index (χ4n) is 1.36. The first-order valence-electron chi connectivity index (χ1n) is 4.69. The average molecular weight is 266 g/mol. The first kappa shape index (κ1) is 10.2. The molecule has 1 aromatic carbocycles. The number of anilines is 1. The molecule has 0 aliphatic heterocycles. The van der Waals surface area contributed by atoms with E-state index < -0.39 is 0 Å². The molecular formula is C11H12BrN3. The Morgan fingerprint density at radius 2 is 2.00 bits per heavy atom. The summed E-state index contributed by atoms with van der Waals surface area (Å²) >= 11 is 3.33. The van der Waals surface area contributed by atoms with Gasteiger partial charge in [-0.2, -0.15) is 5.10 Å². The van der Waals surface area contributed by atoms with Gasteiger partial charge in [-0.1, -0.05) is 29.8 Å². The molecule has 1 heterocycles. The maximum atomic E-state index is 5.83. The molecule has 0 saturated heterocycles. The largest absolute Gasteiger partial charge is 0.383 e. The lowest BCUT2D eigenvalue weighted by Crippen LogP contribution is -2.05. The highest BCUT2D eigenvalue weighted by Gasteiger charge is 2.04. The van der Waals surface area contributed by atoms with E-state index in [1.807, 2.05) is 0 Å². The van der Waals surface area contributed by atoms with Crippen LogP contribution in [-0.4, -0.2) is 9.78 Å². The van der Waals surface area contributed by atoms with E-state index in [9.17, 15) is 0 Å². The average Bonchev–Trinajstić information content (AvgIpc) is 2.53. The smallest absolute Gasteiger partial charge is 0.136 e. The number of aromatic nitrogens is 2. The van der Waals surface area contributed by atoms with Crippen LogP contribution in [0.25, 0.3) is 0 Å². The van der Waals surface area contributed by atoms with Crippen molar-refractivity contribution in [1.82, 2.24) is 9.78 Å². The van der Waals surface area contributed by atoms with Crippen molar-refractivity contribution in [2.45, 2.75) is 13.5 Å². The van der Waals surface area contributed by atoms with Gasteiger partial charge in [0.05, 0.1) is 17.2 Å². The van der Waals surface area contributed by atoms with Gasteiger partial charge in [0, 0.05) is 0 Å². The molecular weight excluding hydrogens is 254 g/mol. The first-order chi connectivity index (χ1) is 7.16. The highest BCUT2D eigenvalue weighted by Crippen LogP contribution is 2.18. The first-order valence-corrected chi connectivity index (χ1v) is 5.48. The Morgan fingerprint density at radius 1 is 1.33 bits per heavy atom. The summed E-state index contributed by atoms with van der Waals surface area (Å²) in [6.45, 7) is 2.78. The number of nitrogens with zero attached hydrogens (tertiary/aromatic N) is 2. The van der Waals surface area contributed by atoms with Gasteiger partial charge in [-0.05, 0) is 28.4 Å². The molecule has 0 aliphatic carbocycles. The minimum absolute atomic E-state index is 0.663. The number of nitrogens with two attached hydrogens (primary N) is 1. The standard InChI is InChI=1S/C11H12BrN3/c1-8-2-4-9(5-3-8)7-15-11(13)10(12)6-14-15/h2-6H,7,13H2,1H3. The quantitative estimate of drug-likeness (QED) is 0.907. The highest BCUT2D eigenvalue weighted by atomic mass is 79.9. The molecule has 0 atom stereocenters.